The Morgan fingerprint density at radius 2 is 1.90 bits per heavy atom. The molecular weight excluding hydrogens is 258 g/mol. The Morgan fingerprint density at radius 1 is 1.30 bits per heavy atom. The van der Waals surface area contributed by atoms with Gasteiger partial charge in [-0.05, 0) is 18.9 Å². The maximum atomic E-state index is 12.4. The van der Waals surface area contributed by atoms with Gasteiger partial charge < -0.3 is 5.11 Å². The van der Waals surface area contributed by atoms with Crippen molar-refractivity contribution in [1.82, 2.24) is 5.32 Å². The van der Waals surface area contributed by atoms with Gasteiger partial charge in [-0.1, -0.05) is 36.8 Å². The number of piperidine rings is 1. The lowest BCUT2D eigenvalue weighted by molar-refractivity contribution is -0.151. The number of carbonyl (C=O) groups excluding carboxylic acids is 2. The number of aryl methyl sites for hydroxylation is 1. The Hall–Kier alpha value is -2.17. The summed E-state index contributed by atoms with van der Waals surface area (Å²) < 4.78 is 0. The molecule has 1 aliphatic heterocycles. The van der Waals surface area contributed by atoms with E-state index in [9.17, 15) is 19.5 Å². The van der Waals surface area contributed by atoms with Crippen molar-refractivity contribution < 1.29 is 19.5 Å². The van der Waals surface area contributed by atoms with Gasteiger partial charge in [-0.25, -0.2) is 0 Å². The van der Waals surface area contributed by atoms with Crippen molar-refractivity contribution in [3.63, 3.8) is 0 Å². The molecule has 5 nitrogen and oxygen atoms in total. The first-order chi connectivity index (χ1) is 9.37. The van der Waals surface area contributed by atoms with E-state index in [2.05, 4.69) is 5.32 Å². The Kier molecular flexibility index (Phi) is 3.61. The molecule has 1 saturated heterocycles. The number of hydrogen-bond acceptors (Lipinski definition) is 3. The molecule has 1 aromatic carbocycles. The van der Waals surface area contributed by atoms with Crippen LogP contribution < -0.4 is 5.32 Å². The van der Waals surface area contributed by atoms with E-state index in [-0.39, 0.29) is 18.7 Å². The molecule has 0 bridgehead atoms. The van der Waals surface area contributed by atoms with Crippen molar-refractivity contribution in [2.24, 2.45) is 5.92 Å². The topological polar surface area (TPSA) is 83.5 Å². The molecular formula is C15H17NO4. The van der Waals surface area contributed by atoms with Gasteiger partial charge in [-0.15, -0.1) is 0 Å². The van der Waals surface area contributed by atoms with E-state index in [1.807, 2.05) is 19.1 Å². The van der Waals surface area contributed by atoms with E-state index < -0.39 is 23.2 Å². The summed E-state index contributed by atoms with van der Waals surface area (Å²) in [7, 11) is 0. The van der Waals surface area contributed by atoms with E-state index >= 15 is 0 Å². The van der Waals surface area contributed by atoms with Crippen LogP contribution in [0.2, 0.25) is 0 Å². The summed E-state index contributed by atoms with van der Waals surface area (Å²) in [5, 5.41) is 11.6. The zero-order chi connectivity index (χ0) is 14.9. The summed E-state index contributed by atoms with van der Waals surface area (Å²) in [4.78, 5) is 35.1. The number of nitrogens with one attached hydrogen (secondary N) is 1. The first-order valence-corrected chi connectivity index (χ1v) is 6.52. The second-order valence-electron chi connectivity index (χ2n) is 5.27. The number of carboxylic acid groups (broad SMARTS) is 1. The normalized spacial score (nSPS) is 24.1. The molecule has 0 spiro atoms. The van der Waals surface area contributed by atoms with Crippen molar-refractivity contribution >= 4 is 17.8 Å². The van der Waals surface area contributed by atoms with Crippen LogP contribution in [0.15, 0.2) is 24.3 Å². The van der Waals surface area contributed by atoms with Gasteiger partial charge in [0.2, 0.25) is 11.8 Å². The monoisotopic (exact) mass is 275 g/mol. The molecule has 20 heavy (non-hydrogen) atoms. The van der Waals surface area contributed by atoms with Crippen LogP contribution in [0.1, 0.15) is 30.9 Å². The molecule has 5 heteroatoms. The van der Waals surface area contributed by atoms with Crippen molar-refractivity contribution in [3.05, 3.63) is 35.4 Å². The molecule has 2 N–H and O–H groups in total. The van der Waals surface area contributed by atoms with Crippen molar-refractivity contribution in [3.8, 4) is 0 Å². The van der Waals surface area contributed by atoms with Crippen LogP contribution in [-0.4, -0.2) is 22.9 Å². The second kappa shape index (κ2) is 5.07. The molecule has 2 amide bonds. The third-order valence-corrected chi connectivity index (χ3v) is 4.08. The molecule has 2 unspecified atom stereocenters. The van der Waals surface area contributed by atoms with E-state index in [1.54, 1.807) is 12.1 Å². The highest BCUT2D eigenvalue weighted by molar-refractivity contribution is 6.05. The van der Waals surface area contributed by atoms with E-state index in [4.69, 9.17) is 0 Å². The van der Waals surface area contributed by atoms with Crippen LogP contribution in [0.3, 0.4) is 0 Å². The third kappa shape index (κ3) is 2.19. The fraction of sp³-hybridized carbons (Fsp3) is 0.400. The lowest BCUT2D eigenvalue weighted by Crippen LogP contribution is -2.56. The molecule has 1 fully saturated rings. The molecule has 0 aliphatic carbocycles. The smallest absolute Gasteiger partial charge is 0.307 e. The van der Waals surface area contributed by atoms with Gasteiger partial charge >= 0.3 is 5.97 Å². The van der Waals surface area contributed by atoms with Gasteiger partial charge in [-0.3, -0.25) is 19.7 Å². The number of amides is 2. The predicted octanol–water partition coefficient (Wildman–Crippen LogP) is 1.39. The van der Waals surface area contributed by atoms with E-state index in [0.717, 1.165) is 5.56 Å². The largest absolute Gasteiger partial charge is 0.481 e. The summed E-state index contributed by atoms with van der Waals surface area (Å²) in [5.74, 6) is -2.82. The van der Waals surface area contributed by atoms with Gasteiger partial charge in [0.05, 0.1) is 11.3 Å². The maximum absolute atomic E-state index is 12.4. The minimum atomic E-state index is -1.19. The van der Waals surface area contributed by atoms with Crippen LogP contribution in [-0.2, 0) is 19.8 Å². The van der Waals surface area contributed by atoms with Crippen LogP contribution in [0.4, 0.5) is 0 Å². The lowest BCUT2D eigenvalue weighted by atomic mass is 9.65. The molecule has 1 aromatic rings. The maximum Gasteiger partial charge on any atom is 0.307 e. The van der Waals surface area contributed by atoms with E-state index in [1.165, 1.54) is 6.92 Å². The molecule has 2 atom stereocenters. The SMILES string of the molecule is Cc1ccc(C2(C(C)C(=O)O)CCC(=O)NC2=O)cc1. The molecule has 1 aliphatic rings. The summed E-state index contributed by atoms with van der Waals surface area (Å²) in [6, 6.07) is 7.22. The van der Waals surface area contributed by atoms with Crippen LogP contribution >= 0.6 is 0 Å². The number of rotatable bonds is 3. The molecule has 0 aromatic heterocycles. The number of aliphatic carboxylic acids is 1. The fourth-order valence-corrected chi connectivity index (χ4v) is 2.73. The molecule has 0 saturated carbocycles. The lowest BCUT2D eigenvalue weighted by Gasteiger charge is -2.38. The molecule has 2 rings (SSSR count). The van der Waals surface area contributed by atoms with Gasteiger partial charge in [0.25, 0.3) is 0 Å². The Bertz CT molecular complexity index is 564. The molecule has 1 heterocycles. The molecule has 0 radical (unpaired) electrons. The summed E-state index contributed by atoms with van der Waals surface area (Å²) in [6.45, 7) is 3.43. The number of benzene rings is 1. The fourth-order valence-electron chi connectivity index (χ4n) is 2.73. The second-order valence-corrected chi connectivity index (χ2v) is 5.27. The average molecular weight is 275 g/mol. The van der Waals surface area contributed by atoms with Crippen LogP contribution in [0.5, 0.6) is 0 Å². The standard InChI is InChI=1S/C15H17NO4/c1-9-3-5-11(6-4-9)15(10(2)13(18)19)8-7-12(17)16-14(15)20/h3-6,10H,7-8H2,1-2H3,(H,18,19)(H,16,17,20). The summed E-state index contributed by atoms with van der Waals surface area (Å²) in [5.41, 5.74) is 0.482. The molecule has 106 valence electrons. The summed E-state index contributed by atoms with van der Waals surface area (Å²) >= 11 is 0. The minimum Gasteiger partial charge on any atom is -0.481 e. The van der Waals surface area contributed by atoms with Crippen molar-refractivity contribution in [1.29, 1.82) is 0 Å². The third-order valence-electron chi connectivity index (χ3n) is 4.08. The zero-order valence-corrected chi connectivity index (χ0v) is 11.5. The Morgan fingerprint density at radius 3 is 2.40 bits per heavy atom. The first kappa shape index (κ1) is 14.2. The highest BCUT2D eigenvalue weighted by Crippen LogP contribution is 2.39. The van der Waals surface area contributed by atoms with Gasteiger partial charge in [0.15, 0.2) is 0 Å². The Labute approximate surface area is 117 Å². The van der Waals surface area contributed by atoms with Crippen LogP contribution in [0.25, 0.3) is 0 Å². The predicted molar refractivity (Wildman–Crippen MR) is 72.0 cm³/mol. The summed E-state index contributed by atoms with van der Waals surface area (Å²) in [6.07, 6.45) is 0.366. The highest BCUT2D eigenvalue weighted by atomic mass is 16.4. The van der Waals surface area contributed by atoms with Crippen LogP contribution in [0, 0.1) is 12.8 Å². The van der Waals surface area contributed by atoms with Gasteiger partial charge in [-0.2, -0.15) is 0 Å². The van der Waals surface area contributed by atoms with E-state index in [0.29, 0.717) is 5.56 Å². The van der Waals surface area contributed by atoms with Gasteiger partial charge in [0, 0.05) is 6.42 Å². The first-order valence-electron chi connectivity index (χ1n) is 6.52. The Balaban J connectivity index is 2.54. The zero-order valence-electron chi connectivity index (χ0n) is 11.5. The number of carboxylic acids is 1. The average Bonchev–Trinajstić information content (AvgIpc) is 2.40. The van der Waals surface area contributed by atoms with Crippen molar-refractivity contribution in [2.75, 3.05) is 0 Å². The number of hydrogen-bond donors (Lipinski definition) is 2. The van der Waals surface area contributed by atoms with Crippen molar-refractivity contribution in [2.45, 2.75) is 32.1 Å². The highest BCUT2D eigenvalue weighted by Gasteiger charge is 2.50. The minimum absolute atomic E-state index is 0.150. The number of carbonyl (C=O) groups is 3. The van der Waals surface area contributed by atoms with Gasteiger partial charge in [0.1, 0.15) is 0 Å². The number of imide groups is 1. The quantitative estimate of drug-likeness (QED) is 0.816.